The molecule has 2 amide bonds. The number of rotatable bonds is 4. The molecular weight excluding hydrogens is 401 g/mol. The fourth-order valence-electron chi connectivity index (χ4n) is 1.50. The van der Waals surface area contributed by atoms with Crippen LogP contribution in [0.2, 0.25) is 15.2 Å². The number of carbonyl (C=O) groups is 3. The highest BCUT2D eigenvalue weighted by Crippen LogP contribution is 2.34. The second kappa shape index (κ2) is 7.80. The maximum absolute atomic E-state index is 11.9. The Morgan fingerprint density at radius 1 is 1.25 bits per heavy atom. The number of hydrogen-bond acceptors (Lipinski definition) is 7. The second-order valence-corrected chi connectivity index (χ2v) is 6.29. The van der Waals surface area contributed by atoms with E-state index >= 15 is 0 Å². The molecule has 2 heterocycles. The number of thiophene rings is 1. The zero-order valence-electron chi connectivity index (χ0n) is 11.6. The molecule has 0 saturated heterocycles. The number of ether oxygens (including phenoxy) is 1. The minimum Gasteiger partial charge on any atom is -0.451 e. The number of pyridine rings is 1. The summed E-state index contributed by atoms with van der Waals surface area (Å²) in [5, 5.41) is 3.17. The molecule has 2 aromatic heterocycles. The molecular formula is C13H8Cl3N3O4S. The first-order valence-electron chi connectivity index (χ1n) is 6.16. The zero-order valence-corrected chi connectivity index (χ0v) is 14.7. The van der Waals surface area contributed by atoms with Gasteiger partial charge in [0.05, 0.1) is 15.6 Å². The van der Waals surface area contributed by atoms with Crippen LogP contribution in [-0.4, -0.2) is 29.4 Å². The summed E-state index contributed by atoms with van der Waals surface area (Å²) in [7, 11) is 0. The van der Waals surface area contributed by atoms with Crippen LogP contribution in [0.1, 0.15) is 20.2 Å². The Morgan fingerprint density at radius 3 is 2.58 bits per heavy atom. The van der Waals surface area contributed by atoms with Gasteiger partial charge < -0.3 is 10.5 Å². The Labute approximate surface area is 154 Å². The van der Waals surface area contributed by atoms with Gasteiger partial charge >= 0.3 is 5.97 Å². The first kappa shape index (κ1) is 18.5. The van der Waals surface area contributed by atoms with Crippen LogP contribution in [0.5, 0.6) is 0 Å². The van der Waals surface area contributed by atoms with Crippen LogP contribution in [0.3, 0.4) is 0 Å². The Morgan fingerprint density at radius 2 is 1.96 bits per heavy atom. The highest BCUT2D eigenvalue weighted by molar-refractivity contribution is 7.12. The van der Waals surface area contributed by atoms with Crippen molar-refractivity contribution in [3.63, 3.8) is 0 Å². The van der Waals surface area contributed by atoms with Gasteiger partial charge in [-0.3, -0.25) is 14.9 Å². The standard InChI is InChI=1S/C13H8Cl3N3O4S/c14-7-9(17)8(15)11(16)19-10(7)13(22)23-4-6(20)18-12(21)5-2-1-3-24-5/h1-3H,4H2,(H2,17,19)(H,18,20,21). The van der Waals surface area contributed by atoms with Crippen molar-refractivity contribution < 1.29 is 19.1 Å². The number of halogens is 3. The van der Waals surface area contributed by atoms with Gasteiger partial charge in [-0.2, -0.15) is 0 Å². The Kier molecular flexibility index (Phi) is 6.00. The van der Waals surface area contributed by atoms with Crippen LogP contribution < -0.4 is 11.1 Å². The van der Waals surface area contributed by atoms with Crippen molar-refractivity contribution in [2.24, 2.45) is 0 Å². The van der Waals surface area contributed by atoms with E-state index in [1.165, 1.54) is 0 Å². The second-order valence-electron chi connectivity index (χ2n) is 4.22. The highest BCUT2D eigenvalue weighted by Gasteiger charge is 2.22. The lowest BCUT2D eigenvalue weighted by molar-refractivity contribution is -0.123. The summed E-state index contributed by atoms with van der Waals surface area (Å²) in [6.45, 7) is -0.714. The van der Waals surface area contributed by atoms with Gasteiger partial charge in [-0.1, -0.05) is 40.9 Å². The SMILES string of the molecule is Nc1c(Cl)c(Cl)nc(C(=O)OCC(=O)NC(=O)c2cccs2)c1Cl. The first-order valence-corrected chi connectivity index (χ1v) is 8.17. The Bertz CT molecular complexity index is 811. The quantitative estimate of drug-likeness (QED) is 0.594. The molecule has 2 rings (SSSR count). The molecule has 0 radical (unpaired) electrons. The molecule has 0 atom stereocenters. The number of imide groups is 1. The largest absolute Gasteiger partial charge is 0.451 e. The third-order valence-electron chi connectivity index (χ3n) is 2.60. The Balaban J connectivity index is 1.98. The van der Waals surface area contributed by atoms with Gasteiger partial charge in [0.1, 0.15) is 5.02 Å². The van der Waals surface area contributed by atoms with Crippen molar-refractivity contribution in [3.8, 4) is 0 Å². The fraction of sp³-hybridized carbons (Fsp3) is 0.0769. The number of nitrogens with zero attached hydrogens (tertiary/aromatic N) is 1. The molecule has 0 spiro atoms. The van der Waals surface area contributed by atoms with Crippen LogP contribution in [0.15, 0.2) is 17.5 Å². The molecule has 0 aliphatic rings. The van der Waals surface area contributed by atoms with E-state index < -0.39 is 24.4 Å². The van der Waals surface area contributed by atoms with Crippen LogP contribution >= 0.6 is 46.1 Å². The number of anilines is 1. The number of nitrogens with two attached hydrogens (primary N) is 1. The molecule has 7 nitrogen and oxygen atoms in total. The molecule has 24 heavy (non-hydrogen) atoms. The van der Waals surface area contributed by atoms with Gasteiger partial charge in [0.15, 0.2) is 17.5 Å². The van der Waals surface area contributed by atoms with Crippen LogP contribution in [0.4, 0.5) is 5.69 Å². The topological polar surface area (TPSA) is 111 Å². The summed E-state index contributed by atoms with van der Waals surface area (Å²) >= 11 is 18.5. The summed E-state index contributed by atoms with van der Waals surface area (Å²) in [6.07, 6.45) is 0. The third-order valence-corrected chi connectivity index (χ3v) is 4.60. The van der Waals surface area contributed by atoms with E-state index in [1.807, 2.05) is 0 Å². The van der Waals surface area contributed by atoms with E-state index in [9.17, 15) is 14.4 Å². The van der Waals surface area contributed by atoms with Crippen LogP contribution in [0.25, 0.3) is 0 Å². The number of hydrogen-bond donors (Lipinski definition) is 2. The van der Waals surface area contributed by atoms with Gasteiger partial charge in [0.2, 0.25) is 0 Å². The smallest absolute Gasteiger partial charge is 0.359 e. The fourth-order valence-corrected chi connectivity index (χ4v) is 2.70. The lowest BCUT2D eigenvalue weighted by Gasteiger charge is -2.09. The van der Waals surface area contributed by atoms with Gasteiger partial charge in [-0.25, -0.2) is 9.78 Å². The molecule has 2 aromatic rings. The van der Waals surface area contributed by atoms with Gasteiger partial charge in [-0.15, -0.1) is 11.3 Å². The summed E-state index contributed by atoms with van der Waals surface area (Å²) in [6, 6.07) is 3.20. The van der Waals surface area contributed by atoms with Crippen molar-refractivity contribution in [2.45, 2.75) is 0 Å². The molecule has 0 bridgehead atoms. The van der Waals surface area contributed by atoms with Crippen molar-refractivity contribution in [1.82, 2.24) is 10.3 Å². The number of esters is 1. The number of nitrogens with one attached hydrogen (secondary N) is 1. The van der Waals surface area contributed by atoms with E-state index in [4.69, 9.17) is 45.3 Å². The third kappa shape index (κ3) is 4.15. The van der Waals surface area contributed by atoms with Gasteiger partial charge in [0.25, 0.3) is 11.8 Å². The summed E-state index contributed by atoms with van der Waals surface area (Å²) in [4.78, 5) is 39.2. The number of carbonyl (C=O) groups excluding carboxylic acids is 3. The van der Waals surface area contributed by atoms with E-state index in [1.54, 1.807) is 17.5 Å². The van der Waals surface area contributed by atoms with Crippen LogP contribution in [-0.2, 0) is 9.53 Å². The molecule has 0 unspecified atom stereocenters. The average Bonchev–Trinajstić information content (AvgIpc) is 3.08. The van der Waals surface area contributed by atoms with Crippen LogP contribution in [0, 0.1) is 0 Å². The van der Waals surface area contributed by atoms with E-state index in [0.717, 1.165) is 11.3 Å². The lowest BCUT2D eigenvalue weighted by atomic mass is 10.3. The maximum atomic E-state index is 11.9. The molecule has 0 saturated carbocycles. The van der Waals surface area contributed by atoms with Gasteiger partial charge in [0, 0.05) is 0 Å². The van der Waals surface area contributed by atoms with E-state index in [-0.39, 0.29) is 26.6 Å². The molecule has 126 valence electrons. The lowest BCUT2D eigenvalue weighted by Crippen LogP contribution is -2.33. The van der Waals surface area contributed by atoms with E-state index in [0.29, 0.717) is 4.88 Å². The van der Waals surface area contributed by atoms with Crippen molar-refractivity contribution in [2.75, 3.05) is 12.3 Å². The predicted octanol–water partition coefficient (Wildman–Crippen LogP) is 2.80. The van der Waals surface area contributed by atoms with Gasteiger partial charge in [-0.05, 0) is 11.4 Å². The summed E-state index contributed by atoms with van der Waals surface area (Å²) in [5.74, 6) is -2.45. The number of nitrogen functional groups attached to an aromatic ring is 1. The number of amides is 2. The normalized spacial score (nSPS) is 10.3. The average molecular weight is 409 g/mol. The van der Waals surface area contributed by atoms with E-state index in [2.05, 4.69) is 10.3 Å². The monoisotopic (exact) mass is 407 g/mol. The summed E-state index contributed by atoms with van der Waals surface area (Å²) in [5.41, 5.74) is 5.05. The number of aromatic nitrogens is 1. The molecule has 0 aromatic carbocycles. The first-order chi connectivity index (χ1) is 11.3. The minimum atomic E-state index is -1.04. The molecule has 0 aliphatic carbocycles. The van der Waals surface area contributed by atoms with Crippen molar-refractivity contribution in [1.29, 1.82) is 0 Å². The molecule has 11 heteroatoms. The molecule has 0 fully saturated rings. The zero-order chi connectivity index (χ0) is 17.9. The van der Waals surface area contributed by atoms with Crippen molar-refractivity contribution >= 4 is 69.6 Å². The maximum Gasteiger partial charge on any atom is 0.359 e. The predicted molar refractivity (Wildman–Crippen MR) is 90.8 cm³/mol. The highest BCUT2D eigenvalue weighted by atomic mass is 35.5. The summed E-state index contributed by atoms with van der Waals surface area (Å²) < 4.78 is 4.73. The minimum absolute atomic E-state index is 0.0995. The van der Waals surface area contributed by atoms with Crippen molar-refractivity contribution in [3.05, 3.63) is 43.3 Å². The Hall–Kier alpha value is -1.87. The molecule has 3 N–H and O–H groups in total. The molecule has 0 aliphatic heterocycles.